The Kier molecular flexibility index (Phi) is 6.69. The Labute approximate surface area is 178 Å². The zero-order chi connectivity index (χ0) is 22.5. The molecule has 8 heteroatoms. The van der Waals surface area contributed by atoms with E-state index < -0.39 is 35.3 Å². The number of amides is 1. The topological polar surface area (TPSA) is 115 Å². The molecule has 0 aliphatic carbocycles. The van der Waals surface area contributed by atoms with Crippen molar-refractivity contribution in [1.29, 1.82) is 0 Å². The zero-order valence-electron chi connectivity index (χ0n) is 16.6. The lowest BCUT2D eigenvalue weighted by molar-refractivity contribution is -0.140. The Morgan fingerprint density at radius 1 is 0.935 bits per heavy atom. The average molecular weight is 427 g/mol. The number of aromatic hydroxyl groups is 1. The average Bonchev–Trinajstić information content (AvgIpc) is 2.99. The number of Topliss-reactive ketones (excluding diaryl/α,β-unsaturated/α-hetero) is 1. The fraction of sp³-hybridized carbons (Fsp3) is 0.261. The first kappa shape index (κ1) is 22.0. The lowest BCUT2D eigenvalue weighted by atomic mass is 9.95. The number of unbranched alkanes of at least 4 members (excludes halogenated alkanes) is 2. The molecular weight excluding hydrogens is 405 g/mol. The van der Waals surface area contributed by atoms with E-state index in [1.807, 2.05) is 0 Å². The number of carboxylic acid groups (broad SMARTS) is 1. The van der Waals surface area contributed by atoms with Crippen LogP contribution >= 0.6 is 0 Å². The predicted octanol–water partition coefficient (Wildman–Crippen LogP) is 3.60. The van der Waals surface area contributed by atoms with Gasteiger partial charge in [0.1, 0.15) is 17.3 Å². The van der Waals surface area contributed by atoms with Crippen LogP contribution in [-0.2, 0) is 14.4 Å². The number of phenolic OH excluding ortho intramolecular Hbond substituents is 1. The van der Waals surface area contributed by atoms with Crippen LogP contribution in [0.2, 0.25) is 0 Å². The van der Waals surface area contributed by atoms with Crippen molar-refractivity contribution < 1.29 is 34.1 Å². The van der Waals surface area contributed by atoms with Gasteiger partial charge in [-0.1, -0.05) is 18.6 Å². The molecule has 2 aromatic carbocycles. The van der Waals surface area contributed by atoms with E-state index in [0.29, 0.717) is 24.8 Å². The quantitative estimate of drug-likeness (QED) is 0.257. The van der Waals surface area contributed by atoms with Gasteiger partial charge in [0.25, 0.3) is 11.7 Å². The van der Waals surface area contributed by atoms with Crippen molar-refractivity contribution in [2.24, 2.45) is 0 Å². The summed E-state index contributed by atoms with van der Waals surface area (Å²) in [4.78, 5) is 37.6. The first-order chi connectivity index (χ1) is 14.8. The van der Waals surface area contributed by atoms with Gasteiger partial charge in [-0.25, -0.2) is 4.39 Å². The molecule has 162 valence electrons. The molecule has 0 spiro atoms. The molecule has 2 aromatic rings. The van der Waals surface area contributed by atoms with Gasteiger partial charge in [-0.2, -0.15) is 0 Å². The van der Waals surface area contributed by atoms with E-state index in [1.165, 1.54) is 29.2 Å². The van der Waals surface area contributed by atoms with Gasteiger partial charge in [0, 0.05) is 18.5 Å². The summed E-state index contributed by atoms with van der Waals surface area (Å²) in [6.07, 6.45) is 1.49. The molecule has 31 heavy (non-hydrogen) atoms. The molecule has 7 nitrogen and oxygen atoms in total. The Hall–Kier alpha value is -3.68. The molecular formula is C23H22FNO6. The molecule has 1 saturated heterocycles. The summed E-state index contributed by atoms with van der Waals surface area (Å²) >= 11 is 0. The molecule has 0 bridgehead atoms. The number of phenols is 1. The zero-order valence-corrected chi connectivity index (χ0v) is 16.6. The van der Waals surface area contributed by atoms with Gasteiger partial charge in [0.2, 0.25) is 0 Å². The fourth-order valence-electron chi connectivity index (χ4n) is 3.61. The first-order valence-electron chi connectivity index (χ1n) is 9.84. The van der Waals surface area contributed by atoms with E-state index in [-0.39, 0.29) is 29.9 Å². The van der Waals surface area contributed by atoms with E-state index >= 15 is 0 Å². The number of carbonyl (C=O) groups is 3. The van der Waals surface area contributed by atoms with Gasteiger partial charge in [0.15, 0.2) is 0 Å². The van der Waals surface area contributed by atoms with Crippen LogP contribution in [0, 0.1) is 5.82 Å². The molecule has 1 aliphatic rings. The van der Waals surface area contributed by atoms with Gasteiger partial charge in [-0.3, -0.25) is 14.4 Å². The third-order valence-corrected chi connectivity index (χ3v) is 5.16. The third kappa shape index (κ3) is 4.91. The van der Waals surface area contributed by atoms with Crippen LogP contribution in [0.3, 0.4) is 0 Å². The first-order valence-corrected chi connectivity index (χ1v) is 9.84. The summed E-state index contributed by atoms with van der Waals surface area (Å²) in [6.45, 7) is 0.190. The maximum absolute atomic E-state index is 13.3. The second kappa shape index (κ2) is 9.42. The Morgan fingerprint density at radius 3 is 2.19 bits per heavy atom. The van der Waals surface area contributed by atoms with Crippen LogP contribution in [0.1, 0.15) is 42.9 Å². The maximum atomic E-state index is 13.3. The highest BCUT2D eigenvalue weighted by molar-refractivity contribution is 6.46. The molecule has 1 amide bonds. The molecule has 1 aliphatic heterocycles. The molecule has 1 atom stereocenters. The summed E-state index contributed by atoms with van der Waals surface area (Å²) in [7, 11) is 0. The standard InChI is InChI=1S/C23H22FNO6/c24-16-9-5-15(6-10-16)21(29)19-20(14-7-11-17(26)12-8-14)25(23(31)22(19)30)13-3-1-2-4-18(27)28/h5-12,20,26,29H,1-4,13H2,(H,27,28)/t20-/m0/s1. The van der Waals surface area contributed by atoms with Crippen molar-refractivity contribution in [3.63, 3.8) is 0 Å². The highest BCUT2D eigenvalue weighted by Gasteiger charge is 2.45. The number of halogens is 1. The van der Waals surface area contributed by atoms with E-state index in [4.69, 9.17) is 5.11 Å². The molecule has 0 saturated carbocycles. The largest absolute Gasteiger partial charge is 0.508 e. The number of hydrogen-bond donors (Lipinski definition) is 3. The molecule has 3 rings (SSSR count). The smallest absolute Gasteiger partial charge is 0.303 e. The summed E-state index contributed by atoms with van der Waals surface area (Å²) < 4.78 is 13.3. The summed E-state index contributed by atoms with van der Waals surface area (Å²) in [5.74, 6) is -3.44. The number of rotatable bonds is 8. The lowest BCUT2D eigenvalue weighted by Gasteiger charge is -2.25. The fourth-order valence-corrected chi connectivity index (χ4v) is 3.61. The summed E-state index contributed by atoms with van der Waals surface area (Å²) in [5, 5.41) is 29.2. The Balaban J connectivity index is 1.96. The van der Waals surface area contributed by atoms with Crippen LogP contribution in [-0.4, -0.2) is 44.4 Å². The number of aliphatic carboxylic acids is 1. The van der Waals surface area contributed by atoms with Crippen molar-refractivity contribution in [2.75, 3.05) is 6.54 Å². The number of benzene rings is 2. The molecule has 0 radical (unpaired) electrons. The van der Waals surface area contributed by atoms with Crippen LogP contribution in [0.25, 0.3) is 5.76 Å². The highest BCUT2D eigenvalue weighted by atomic mass is 19.1. The molecule has 0 unspecified atom stereocenters. The van der Waals surface area contributed by atoms with Crippen molar-refractivity contribution in [2.45, 2.75) is 31.7 Å². The number of aliphatic hydroxyl groups is 1. The van der Waals surface area contributed by atoms with Gasteiger partial charge in [-0.15, -0.1) is 0 Å². The third-order valence-electron chi connectivity index (χ3n) is 5.16. The second-order valence-corrected chi connectivity index (χ2v) is 7.30. The number of aliphatic hydroxyl groups excluding tert-OH is 1. The molecule has 0 aromatic heterocycles. The minimum Gasteiger partial charge on any atom is -0.508 e. The number of hydrogen-bond acceptors (Lipinski definition) is 5. The minimum atomic E-state index is -0.899. The monoisotopic (exact) mass is 427 g/mol. The van der Waals surface area contributed by atoms with Gasteiger partial charge in [-0.05, 0) is 54.8 Å². The lowest BCUT2D eigenvalue weighted by Crippen LogP contribution is -2.30. The molecule has 1 fully saturated rings. The second-order valence-electron chi connectivity index (χ2n) is 7.30. The van der Waals surface area contributed by atoms with E-state index in [2.05, 4.69) is 0 Å². The summed E-state index contributed by atoms with van der Waals surface area (Å²) in [6, 6.07) is 9.98. The van der Waals surface area contributed by atoms with Crippen molar-refractivity contribution in [1.82, 2.24) is 4.90 Å². The minimum absolute atomic E-state index is 0.00732. The van der Waals surface area contributed by atoms with Crippen LogP contribution in [0.15, 0.2) is 54.1 Å². The number of ketones is 1. The van der Waals surface area contributed by atoms with Crippen LogP contribution < -0.4 is 0 Å². The predicted molar refractivity (Wildman–Crippen MR) is 110 cm³/mol. The number of nitrogens with zero attached hydrogens (tertiary/aromatic N) is 1. The SMILES string of the molecule is O=C(O)CCCCCN1C(=O)C(=O)C(=C(O)c2ccc(F)cc2)[C@@H]1c1ccc(O)cc1. The van der Waals surface area contributed by atoms with Crippen molar-refractivity contribution >= 4 is 23.4 Å². The van der Waals surface area contributed by atoms with E-state index in [0.717, 1.165) is 12.1 Å². The Bertz CT molecular complexity index is 1010. The van der Waals surface area contributed by atoms with Gasteiger partial charge >= 0.3 is 5.97 Å². The summed E-state index contributed by atoms with van der Waals surface area (Å²) in [5.41, 5.74) is 0.601. The van der Waals surface area contributed by atoms with E-state index in [9.17, 15) is 29.0 Å². The molecule has 3 N–H and O–H groups in total. The van der Waals surface area contributed by atoms with Gasteiger partial charge in [0.05, 0.1) is 11.6 Å². The molecule has 1 heterocycles. The Morgan fingerprint density at radius 2 is 1.58 bits per heavy atom. The van der Waals surface area contributed by atoms with Crippen molar-refractivity contribution in [3.8, 4) is 5.75 Å². The van der Waals surface area contributed by atoms with E-state index in [1.54, 1.807) is 12.1 Å². The maximum Gasteiger partial charge on any atom is 0.303 e. The number of carbonyl (C=O) groups excluding carboxylic acids is 2. The number of likely N-dealkylation sites (tertiary alicyclic amines) is 1. The van der Waals surface area contributed by atoms with Crippen LogP contribution in [0.4, 0.5) is 4.39 Å². The van der Waals surface area contributed by atoms with Gasteiger partial charge < -0.3 is 20.2 Å². The highest BCUT2D eigenvalue weighted by Crippen LogP contribution is 2.39. The normalized spacial score (nSPS) is 17.8. The number of carboxylic acids is 1. The van der Waals surface area contributed by atoms with Crippen LogP contribution in [0.5, 0.6) is 5.75 Å². The van der Waals surface area contributed by atoms with Crippen molar-refractivity contribution in [3.05, 3.63) is 71.0 Å².